The zero-order valence-electron chi connectivity index (χ0n) is 18.6. The van der Waals surface area contributed by atoms with Crippen LogP contribution < -0.4 is 0 Å². The zero-order chi connectivity index (χ0) is 23.5. The van der Waals surface area contributed by atoms with Gasteiger partial charge in [-0.15, -0.1) is 10.2 Å². The highest BCUT2D eigenvalue weighted by Crippen LogP contribution is 2.28. The number of carbonyl (C=O) groups is 2. The maximum Gasteiger partial charge on any atom is 0.192 e. The molecule has 0 aliphatic heterocycles. The third-order valence-corrected chi connectivity index (χ3v) is 6.38. The number of benzene rings is 2. The molecule has 0 bridgehead atoms. The molecule has 6 nitrogen and oxygen atoms in total. The number of hydrogen-bond acceptors (Lipinski definition) is 5. The van der Waals surface area contributed by atoms with E-state index in [1.807, 2.05) is 34.9 Å². The van der Waals surface area contributed by atoms with Crippen LogP contribution >= 0.6 is 11.8 Å². The largest absolute Gasteiger partial charge is 0.355 e. The number of halogens is 1. The molecular formula is C25H23FN4O2S. The van der Waals surface area contributed by atoms with E-state index >= 15 is 0 Å². The molecule has 0 radical (unpaired) electrons. The van der Waals surface area contributed by atoms with Gasteiger partial charge in [0.05, 0.1) is 23.6 Å². The molecule has 8 heteroatoms. The third kappa shape index (κ3) is 4.66. The monoisotopic (exact) mass is 462 g/mol. The first-order valence-corrected chi connectivity index (χ1v) is 11.4. The summed E-state index contributed by atoms with van der Waals surface area (Å²) in [5, 5.41) is 9.02. The molecule has 0 aliphatic carbocycles. The number of nitrogens with one attached hydrogen (secondary N) is 1. The van der Waals surface area contributed by atoms with E-state index in [0.717, 1.165) is 5.56 Å². The quantitative estimate of drug-likeness (QED) is 0.286. The number of H-pyrrole nitrogens is 1. The Kier molecular flexibility index (Phi) is 6.55. The number of carbonyl (C=O) groups excluding carboxylic acids is 2. The van der Waals surface area contributed by atoms with Gasteiger partial charge in [-0.2, -0.15) is 0 Å². The standard InChI is InChI=1S/C25H23FN4O2S/c1-15-22(17(3)31)16(2)27-23(15)21(32)14-33-25-29-28-24(19-11-7-8-12-20(19)26)30(25)13-18-9-5-4-6-10-18/h4-12,27H,13-14H2,1-3H3. The lowest BCUT2D eigenvalue weighted by Gasteiger charge is -2.11. The van der Waals surface area contributed by atoms with E-state index in [9.17, 15) is 14.0 Å². The lowest BCUT2D eigenvalue weighted by atomic mass is 10.1. The van der Waals surface area contributed by atoms with Crippen molar-refractivity contribution in [3.05, 3.63) is 88.5 Å². The number of thioether (sulfide) groups is 1. The number of rotatable bonds is 8. The van der Waals surface area contributed by atoms with Crippen molar-refractivity contribution in [2.45, 2.75) is 32.5 Å². The fourth-order valence-electron chi connectivity index (χ4n) is 3.91. The van der Waals surface area contributed by atoms with Crippen LogP contribution in [0.1, 0.15) is 44.6 Å². The maximum atomic E-state index is 14.5. The van der Waals surface area contributed by atoms with Gasteiger partial charge in [-0.25, -0.2) is 4.39 Å². The molecule has 1 N–H and O–H groups in total. The van der Waals surface area contributed by atoms with Gasteiger partial charge in [0.25, 0.3) is 0 Å². The van der Waals surface area contributed by atoms with Crippen LogP contribution in [0.25, 0.3) is 11.4 Å². The van der Waals surface area contributed by atoms with Gasteiger partial charge in [-0.1, -0.05) is 54.2 Å². The maximum absolute atomic E-state index is 14.5. The molecule has 0 unspecified atom stereocenters. The molecule has 0 fully saturated rings. The van der Waals surface area contributed by atoms with Crippen LogP contribution in [0, 0.1) is 19.7 Å². The molecule has 4 aromatic rings. The minimum Gasteiger partial charge on any atom is -0.355 e. The first kappa shape index (κ1) is 22.7. The van der Waals surface area contributed by atoms with Gasteiger partial charge in [0, 0.05) is 11.3 Å². The molecule has 2 aromatic carbocycles. The average Bonchev–Trinajstić information content (AvgIpc) is 3.32. The van der Waals surface area contributed by atoms with Crippen LogP contribution in [0.4, 0.5) is 4.39 Å². The number of nitrogens with zero attached hydrogens (tertiary/aromatic N) is 3. The highest BCUT2D eigenvalue weighted by Gasteiger charge is 2.22. The SMILES string of the molecule is CC(=O)c1c(C)[nH]c(C(=O)CSc2nnc(-c3ccccc3F)n2Cc2ccccc2)c1C. The predicted molar refractivity (Wildman–Crippen MR) is 126 cm³/mol. The summed E-state index contributed by atoms with van der Waals surface area (Å²) in [6.45, 7) is 5.47. The fraction of sp³-hybridized carbons (Fsp3) is 0.200. The van der Waals surface area contributed by atoms with E-state index in [2.05, 4.69) is 15.2 Å². The number of hydrogen-bond donors (Lipinski definition) is 1. The van der Waals surface area contributed by atoms with E-state index in [1.54, 1.807) is 32.0 Å². The lowest BCUT2D eigenvalue weighted by molar-refractivity contribution is 0.101. The summed E-state index contributed by atoms with van der Waals surface area (Å²) >= 11 is 1.24. The van der Waals surface area contributed by atoms with Crippen molar-refractivity contribution in [2.24, 2.45) is 0 Å². The highest BCUT2D eigenvalue weighted by molar-refractivity contribution is 7.99. The smallest absolute Gasteiger partial charge is 0.192 e. The van der Waals surface area contributed by atoms with Gasteiger partial charge in [0.1, 0.15) is 5.82 Å². The molecule has 4 rings (SSSR count). The Morgan fingerprint density at radius 2 is 1.73 bits per heavy atom. The van der Waals surface area contributed by atoms with Crippen molar-refractivity contribution in [1.29, 1.82) is 0 Å². The van der Waals surface area contributed by atoms with Gasteiger partial charge in [0.15, 0.2) is 22.5 Å². The average molecular weight is 463 g/mol. The minimum absolute atomic E-state index is 0.0786. The van der Waals surface area contributed by atoms with E-state index in [0.29, 0.717) is 45.6 Å². The Hall–Kier alpha value is -3.52. The van der Waals surface area contributed by atoms with Crippen molar-refractivity contribution in [2.75, 3.05) is 5.75 Å². The van der Waals surface area contributed by atoms with Crippen molar-refractivity contribution in [3.8, 4) is 11.4 Å². The summed E-state index contributed by atoms with van der Waals surface area (Å²) in [6.07, 6.45) is 0. The van der Waals surface area contributed by atoms with E-state index in [4.69, 9.17) is 0 Å². The summed E-state index contributed by atoms with van der Waals surface area (Å²) in [4.78, 5) is 27.9. The second-order valence-corrected chi connectivity index (χ2v) is 8.69. The number of aromatic amines is 1. The molecule has 2 heterocycles. The van der Waals surface area contributed by atoms with Crippen LogP contribution in [0.2, 0.25) is 0 Å². The number of aromatic nitrogens is 4. The van der Waals surface area contributed by atoms with Crippen LogP contribution in [-0.2, 0) is 6.54 Å². The van der Waals surface area contributed by atoms with E-state index in [-0.39, 0.29) is 23.1 Å². The molecule has 0 saturated carbocycles. The molecule has 0 spiro atoms. The van der Waals surface area contributed by atoms with Gasteiger partial charge in [-0.05, 0) is 44.0 Å². The second-order valence-electron chi connectivity index (χ2n) is 7.75. The summed E-state index contributed by atoms with van der Waals surface area (Å²) in [7, 11) is 0. The van der Waals surface area contributed by atoms with E-state index in [1.165, 1.54) is 24.8 Å². The van der Waals surface area contributed by atoms with Crippen LogP contribution in [0.15, 0.2) is 59.8 Å². The molecule has 0 aliphatic rings. The van der Waals surface area contributed by atoms with Crippen LogP contribution in [0.5, 0.6) is 0 Å². The normalized spacial score (nSPS) is 11.0. The van der Waals surface area contributed by atoms with Gasteiger partial charge < -0.3 is 4.98 Å². The molecule has 2 aromatic heterocycles. The summed E-state index contributed by atoms with van der Waals surface area (Å²) in [6, 6.07) is 16.2. The van der Waals surface area contributed by atoms with Gasteiger partial charge in [-0.3, -0.25) is 14.2 Å². The van der Waals surface area contributed by atoms with Crippen molar-refractivity contribution < 1.29 is 14.0 Å². The van der Waals surface area contributed by atoms with Crippen molar-refractivity contribution in [1.82, 2.24) is 19.7 Å². The Balaban J connectivity index is 1.64. The topological polar surface area (TPSA) is 80.6 Å². The van der Waals surface area contributed by atoms with Crippen LogP contribution in [0.3, 0.4) is 0 Å². The Morgan fingerprint density at radius 3 is 2.39 bits per heavy atom. The fourth-order valence-corrected chi connectivity index (χ4v) is 4.71. The number of aryl methyl sites for hydroxylation is 1. The van der Waals surface area contributed by atoms with E-state index < -0.39 is 0 Å². The highest BCUT2D eigenvalue weighted by atomic mass is 32.2. The molecule has 168 valence electrons. The Morgan fingerprint density at radius 1 is 1.03 bits per heavy atom. The number of Topliss-reactive ketones (excluding diaryl/α,β-unsaturated/α-hetero) is 2. The first-order chi connectivity index (χ1) is 15.9. The number of ketones is 2. The Bertz CT molecular complexity index is 1330. The Labute approximate surface area is 195 Å². The van der Waals surface area contributed by atoms with Crippen LogP contribution in [-0.4, -0.2) is 37.1 Å². The van der Waals surface area contributed by atoms with Gasteiger partial charge in [0.2, 0.25) is 0 Å². The lowest BCUT2D eigenvalue weighted by Crippen LogP contribution is -2.08. The predicted octanol–water partition coefficient (Wildman–Crippen LogP) is 5.26. The first-order valence-electron chi connectivity index (χ1n) is 10.4. The zero-order valence-corrected chi connectivity index (χ0v) is 19.4. The molecule has 0 atom stereocenters. The second kappa shape index (κ2) is 9.54. The molecule has 33 heavy (non-hydrogen) atoms. The molecular weight excluding hydrogens is 439 g/mol. The van der Waals surface area contributed by atoms with Crippen molar-refractivity contribution >= 4 is 23.3 Å². The third-order valence-electron chi connectivity index (χ3n) is 5.42. The summed E-state index contributed by atoms with van der Waals surface area (Å²) < 4.78 is 16.3. The minimum atomic E-state index is -0.388. The molecule has 0 saturated heterocycles. The van der Waals surface area contributed by atoms with Gasteiger partial charge >= 0.3 is 0 Å². The summed E-state index contributed by atoms with van der Waals surface area (Å²) in [5.74, 6) is -0.110. The van der Waals surface area contributed by atoms with Crippen molar-refractivity contribution in [3.63, 3.8) is 0 Å². The molecule has 0 amide bonds. The summed E-state index contributed by atoms with van der Waals surface area (Å²) in [5.41, 5.74) is 3.67.